The largest absolute Gasteiger partial charge is 0.390 e. The summed E-state index contributed by atoms with van der Waals surface area (Å²) >= 11 is 0. The Morgan fingerprint density at radius 2 is 1.64 bits per heavy atom. The summed E-state index contributed by atoms with van der Waals surface area (Å²) < 4.78 is 55.3. The highest BCUT2D eigenvalue weighted by Crippen LogP contribution is 2.60. The van der Waals surface area contributed by atoms with Crippen molar-refractivity contribution in [1.82, 2.24) is 10.2 Å². The second kappa shape index (κ2) is 4.46. The number of hydrogen-bond donors (Lipinski definition) is 3. The average Bonchev–Trinajstić information content (AvgIpc) is 2.85. The van der Waals surface area contributed by atoms with Gasteiger partial charge in [-0.25, -0.2) is 17.6 Å². The third-order valence-electron chi connectivity index (χ3n) is 6.12. The zero-order valence-electron chi connectivity index (χ0n) is 13.2. The summed E-state index contributed by atoms with van der Waals surface area (Å²) in [4.78, 5) is 25.0. The molecule has 1 saturated heterocycles. The quantitative estimate of drug-likeness (QED) is 0.456. The summed E-state index contributed by atoms with van der Waals surface area (Å²) in [6.45, 7) is -1.27. The molecule has 0 aromatic rings. The monoisotopic (exact) mass is 366 g/mol. The van der Waals surface area contributed by atoms with E-state index < -0.39 is 72.2 Å². The highest BCUT2D eigenvalue weighted by atomic mass is 19.3. The van der Waals surface area contributed by atoms with E-state index in [1.165, 1.54) is 0 Å². The lowest BCUT2D eigenvalue weighted by Gasteiger charge is -2.67. The number of amides is 2. The molecular weight excluding hydrogens is 348 g/mol. The van der Waals surface area contributed by atoms with E-state index in [4.69, 9.17) is 0 Å². The first-order valence-corrected chi connectivity index (χ1v) is 8.13. The van der Waals surface area contributed by atoms with Crippen LogP contribution in [0.25, 0.3) is 0 Å². The van der Waals surface area contributed by atoms with Gasteiger partial charge in [0.05, 0.1) is 17.7 Å². The lowest BCUT2D eigenvalue weighted by atomic mass is 9.46. The summed E-state index contributed by atoms with van der Waals surface area (Å²) in [5, 5.41) is 22.0. The van der Waals surface area contributed by atoms with Gasteiger partial charge < -0.3 is 20.4 Å². The maximum atomic E-state index is 14.0. The van der Waals surface area contributed by atoms with Gasteiger partial charge in [-0.15, -0.1) is 0 Å². The van der Waals surface area contributed by atoms with Crippen LogP contribution in [0.5, 0.6) is 0 Å². The van der Waals surface area contributed by atoms with Crippen molar-refractivity contribution in [3.05, 3.63) is 0 Å². The number of nitrogens with zero attached hydrogens (tertiary/aromatic N) is 1. The first kappa shape index (κ1) is 17.0. The van der Waals surface area contributed by atoms with Crippen LogP contribution in [0, 0.1) is 0 Å². The van der Waals surface area contributed by atoms with Crippen molar-refractivity contribution in [3.63, 3.8) is 0 Å². The van der Waals surface area contributed by atoms with E-state index in [0.717, 1.165) is 0 Å². The van der Waals surface area contributed by atoms with Crippen molar-refractivity contribution in [2.75, 3.05) is 6.54 Å². The van der Waals surface area contributed by atoms with Gasteiger partial charge in [0.1, 0.15) is 6.10 Å². The van der Waals surface area contributed by atoms with E-state index >= 15 is 0 Å². The van der Waals surface area contributed by atoms with E-state index in [0.29, 0.717) is 4.90 Å². The topological polar surface area (TPSA) is 89.9 Å². The van der Waals surface area contributed by atoms with E-state index in [9.17, 15) is 37.4 Å². The van der Waals surface area contributed by atoms with Crippen LogP contribution in [0.3, 0.4) is 0 Å². The molecular formula is C15H18F4N2O4. The molecule has 1 aliphatic heterocycles. The molecule has 5 fully saturated rings. The van der Waals surface area contributed by atoms with Crippen molar-refractivity contribution in [2.45, 2.75) is 73.2 Å². The van der Waals surface area contributed by atoms with E-state index in [2.05, 4.69) is 5.32 Å². The maximum Gasteiger partial charge on any atom is 0.312 e. The standard InChI is InChI=1S/C15H18F4N2O4/c16-14(17)2-1-13(6-14)10(24)15(18,19)7-21(13)9(23)8(22)20-11-3-12(25,4-11)5-11/h10,24-25H,1-7H2,(H,20,22)/t10-,11?,12?,13+/m1/s1. The third kappa shape index (κ3) is 2.22. The smallest absolute Gasteiger partial charge is 0.312 e. The fourth-order valence-corrected chi connectivity index (χ4v) is 5.04. The van der Waals surface area contributed by atoms with Gasteiger partial charge >= 0.3 is 11.8 Å². The SMILES string of the molecule is O=C(NC12CC(O)(C1)C2)C(=O)N1CC(F)(F)[C@H](O)[C@@]12CCC(F)(F)C2. The van der Waals surface area contributed by atoms with Gasteiger partial charge in [-0.1, -0.05) is 0 Å². The number of alkyl halides is 4. The van der Waals surface area contributed by atoms with Gasteiger partial charge in [-0.3, -0.25) is 9.59 Å². The minimum absolute atomic E-state index is 0.279. The van der Waals surface area contributed by atoms with E-state index in [-0.39, 0.29) is 19.3 Å². The first-order chi connectivity index (χ1) is 11.3. The molecule has 10 heteroatoms. The Kier molecular flexibility index (Phi) is 3.03. The number of halogens is 4. The van der Waals surface area contributed by atoms with Crippen LogP contribution in [0.2, 0.25) is 0 Å². The molecule has 25 heavy (non-hydrogen) atoms. The molecule has 5 rings (SSSR count). The molecule has 0 aromatic heterocycles. The highest BCUT2D eigenvalue weighted by Gasteiger charge is 2.71. The molecule has 2 amide bonds. The molecule has 6 nitrogen and oxygen atoms in total. The Balaban J connectivity index is 1.55. The number of rotatable bonds is 1. The zero-order chi connectivity index (χ0) is 18.5. The minimum atomic E-state index is -3.76. The number of carbonyl (C=O) groups is 2. The van der Waals surface area contributed by atoms with Crippen LogP contribution in [0.15, 0.2) is 0 Å². The molecule has 0 radical (unpaired) electrons. The third-order valence-corrected chi connectivity index (χ3v) is 6.12. The Morgan fingerprint density at radius 3 is 2.12 bits per heavy atom. The molecule has 4 saturated carbocycles. The van der Waals surface area contributed by atoms with Crippen LogP contribution in [-0.4, -0.2) is 68.1 Å². The molecule has 4 aliphatic carbocycles. The summed E-state index contributed by atoms with van der Waals surface area (Å²) in [6.07, 6.45) is -3.94. The Hall–Kier alpha value is -1.42. The van der Waals surface area contributed by atoms with Gasteiger partial charge in [0.25, 0.3) is 11.8 Å². The van der Waals surface area contributed by atoms with E-state index in [1.807, 2.05) is 0 Å². The van der Waals surface area contributed by atoms with Gasteiger partial charge in [-0.2, -0.15) is 0 Å². The number of hydrogen-bond acceptors (Lipinski definition) is 4. The lowest BCUT2D eigenvalue weighted by Crippen LogP contribution is -2.79. The van der Waals surface area contributed by atoms with Crippen LogP contribution in [0.4, 0.5) is 17.6 Å². The van der Waals surface area contributed by atoms with Crippen molar-refractivity contribution < 1.29 is 37.4 Å². The molecule has 1 spiro atoms. The molecule has 3 N–H and O–H groups in total. The molecule has 0 aromatic carbocycles. The van der Waals surface area contributed by atoms with Gasteiger partial charge in [0.2, 0.25) is 0 Å². The van der Waals surface area contributed by atoms with E-state index in [1.54, 1.807) is 0 Å². The number of nitrogens with one attached hydrogen (secondary N) is 1. The van der Waals surface area contributed by atoms with Crippen LogP contribution in [-0.2, 0) is 9.59 Å². The number of aliphatic hydroxyl groups excluding tert-OH is 1. The molecule has 5 aliphatic rings. The zero-order valence-corrected chi connectivity index (χ0v) is 13.2. The van der Waals surface area contributed by atoms with Gasteiger partial charge in [0, 0.05) is 18.4 Å². The minimum Gasteiger partial charge on any atom is -0.390 e. The number of likely N-dealkylation sites (tertiary alicyclic amines) is 1. The predicted molar refractivity (Wildman–Crippen MR) is 73.9 cm³/mol. The lowest BCUT2D eigenvalue weighted by molar-refractivity contribution is -0.220. The summed E-state index contributed by atoms with van der Waals surface area (Å²) in [5.41, 5.74) is -3.68. The Labute approximate surface area is 140 Å². The molecule has 2 atom stereocenters. The Morgan fingerprint density at radius 1 is 1.04 bits per heavy atom. The molecule has 1 heterocycles. The van der Waals surface area contributed by atoms with Crippen LogP contribution in [0.1, 0.15) is 38.5 Å². The second-order valence-corrected chi connectivity index (χ2v) is 8.18. The molecule has 2 bridgehead atoms. The van der Waals surface area contributed by atoms with Crippen LogP contribution < -0.4 is 5.32 Å². The van der Waals surface area contributed by atoms with Crippen molar-refractivity contribution in [1.29, 1.82) is 0 Å². The number of aliphatic hydroxyl groups is 2. The predicted octanol–water partition coefficient (Wildman–Crippen LogP) is 0.166. The van der Waals surface area contributed by atoms with Crippen LogP contribution >= 0.6 is 0 Å². The first-order valence-electron chi connectivity index (χ1n) is 8.13. The second-order valence-electron chi connectivity index (χ2n) is 8.18. The fourth-order valence-electron chi connectivity index (χ4n) is 5.04. The molecule has 140 valence electrons. The summed E-state index contributed by atoms with van der Waals surface area (Å²) in [5.74, 6) is -9.55. The fraction of sp³-hybridized carbons (Fsp3) is 0.867. The van der Waals surface area contributed by atoms with Gasteiger partial charge in [0.15, 0.2) is 0 Å². The summed E-state index contributed by atoms with van der Waals surface area (Å²) in [7, 11) is 0. The van der Waals surface area contributed by atoms with Crippen molar-refractivity contribution in [3.8, 4) is 0 Å². The number of carbonyl (C=O) groups excluding carboxylic acids is 2. The van der Waals surface area contributed by atoms with Crippen molar-refractivity contribution >= 4 is 11.8 Å². The van der Waals surface area contributed by atoms with Gasteiger partial charge in [-0.05, 0) is 25.7 Å². The maximum absolute atomic E-state index is 14.0. The molecule has 0 unspecified atom stereocenters. The average molecular weight is 366 g/mol. The Bertz CT molecular complexity index is 650. The summed E-state index contributed by atoms with van der Waals surface area (Å²) in [6, 6.07) is 0. The normalized spacial score (nSPS) is 45.8. The highest BCUT2D eigenvalue weighted by molar-refractivity contribution is 6.35. The van der Waals surface area contributed by atoms with Crippen molar-refractivity contribution in [2.24, 2.45) is 0 Å².